The number of carbonyl (C=O) groups excluding carboxylic acids is 1. The number of ether oxygens (including phenoxy) is 1. The average molecular weight is 259 g/mol. The third-order valence-corrected chi connectivity index (χ3v) is 2.69. The first kappa shape index (κ1) is 13.4. The summed E-state index contributed by atoms with van der Waals surface area (Å²) in [6.45, 7) is 1.89. The fraction of sp³-hybridized carbons (Fsp3) is 0.444. The molecule has 1 heterocycles. The predicted molar refractivity (Wildman–Crippen MR) is 60.6 cm³/mol. The second kappa shape index (κ2) is 5.09. The molecule has 0 aliphatic heterocycles. The highest BCUT2D eigenvalue weighted by molar-refractivity contribution is 7.90. The molecule has 8 heteroatoms. The number of anilines is 1. The summed E-state index contributed by atoms with van der Waals surface area (Å²) < 4.78 is 27.3. The molecule has 0 saturated carbocycles. The summed E-state index contributed by atoms with van der Waals surface area (Å²) in [6, 6.07) is 0. The molecular formula is C9H13N3O4S. The summed E-state index contributed by atoms with van der Waals surface area (Å²) in [5, 5.41) is 2.29. The van der Waals surface area contributed by atoms with Crippen LogP contribution >= 0.6 is 0 Å². The molecule has 0 radical (unpaired) electrons. The van der Waals surface area contributed by atoms with Gasteiger partial charge in [0.25, 0.3) is 0 Å². The van der Waals surface area contributed by atoms with E-state index in [0.29, 0.717) is 0 Å². The monoisotopic (exact) mass is 259 g/mol. The Labute approximate surface area is 99.1 Å². The van der Waals surface area contributed by atoms with Crippen LogP contribution in [-0.4, -0.2) is 44.3 Å². The number of nitrogens with one attached hydrogen (secondary N) is 1. The van der Waals surface area contributed by atoms with Gasteiger partial charge in [0.15, 0.2) is 0 Å². The molecule has 0 saturated heterocycles. The Balaban J connectivity index is 3.23. The molecule has 0 atom stereocenters. The van der Waals surface area contributed by atoms with E-state index in [9.17, 15) is 13.2 Å². The largest absolute Gasteiger partial charge is 0.462 e. The van der Waals surface area contributed by atoms with Crippen molar-refractivity contribution in [3.05, 3.63) is 11.8 Å². The van der Waals surface area contributed by atoms with E-state index in [0.717, 1.165) is 12.5 Å². The van der Waals surface area contributed by atoms with Crippen molar-refractivity contribution >= 4 is 21.6 Å². The van der Waals surface area contributed by atoms with Crippen LogP contribution in [0, 0.1) is 0 Å². The molecular weight excluding hydrogens is 246 g/mol. The molecule has 1 N–H and O–H groups in total. The van der Waals surface area contributed by atoms with Gasteiger partial charge in [-0.25, -0.2) is 23.2 Å². The van der Waals surface area contributed by atoms with Crippen molar-refractivity contribution < 1.29 is 17.9 Å². The first-order valence-electron chi connectivity index (χ1n) is 4.82. The third-order valence-electron chi connectivity index (χ3n) is 1.83. The molecule has 0 aliphatic rings. The number of rotatable bonds is 4. The van der Waals surface area contributed by atoms with E-state index in [1.54, 1.807) is 6.92 Å². The number of nitrogens with zero attached hydrogens (tertiary/aromatic N) is 2. The smallest absolute Gasteiger partial charge is 0.343 e. The van der Waals surface area contributed by atoms with Crippen molar-refractivity contribution in [2.45, 2.75) is 12.1 Å². The summed E-state index contributed by atoms with van der Waals surface area (Å²) >= 11 is 0. The standard InChI is InChI=1S/C9H13N3O4S/c1-4-16-8(13)6-5-11-9(17(3,14)15)12-7(6)10-2/h5H,4H2,1-3H3,(H,10,11,12). The van der Waals surface area contributed by atoms with Crippen molar-refractivity contribution in [1.82, 2.24) is 9.97 Å². The molecule has 1 rings (SSSR count). The van der Waals surface area contributed by atoms with Crippen molar-refractivity contribution in [2.75, 3.05) is 25.2 Å². The van der Waals surface area contributed by atoms with E-state index in [2.05, 4.69) is 15.3 Å². The minimum atomic E-state index is -3.50. The maximum Gasteiger partial charge on any atom is 0.343 e. The van der Waals surface area contributed by atoms with Gasteiger partial charge in [0.1, 0.15) is 11.4 Å². The van der Waals surface area contributed by atoms with Crippen molar-refractivity contribution in [1.29, 1.82) is 0 Å². The van der Waals surface area contributed by atoms with Crippen LogP contribution in [0.1, 0.15) is 17.3 Å². The summed E-state index contributed by atoms with van der Waals surface area (Å²) in [4.78, 5) is 18.9. The normalized spacial score (nSPS) is 11.0. The molecule has 0 aliphatic carbocycles. The van der Waals surface area contributed by atoms with Gasteiger partial charge in [0.05, 0.1) is 6.61 Å². The molecule has 7 nitrogen and oxygen atoms in total. The quantitative estimate of drug-likeness (QED) is 0.604. The molecule has 94 valence electrons. The molecule has 0 aromatic carbocycles. The Kier molecular flexibility index (Phi) is 4.00. The fourth-order valence-corrected chi connectivity index (χ4v) is 1.59. The summed E-state index contributed by atoms with van der Waals surface area (Å²) in [5.41, 5.74) is 0.0988. The Morgan fingerprint density at radius 3 is 2.65 bits per heavy atom. The van der Waals surface area contributed by atoms with Crippen LogP contribution < -0.4 is 5.32 Å². The van der Waals surface area contributed by atoms with Crippen LogP contribution in [0.3, 0.4) is 0 Å². The third kappa shape index (κ3) is 3.13. The minimum absolute atomic E-state index is 0.0988. The van der Waals surface area contributed by atoms with Gasteiger partial charge in [-0.1, -0.05) is 0 Å². The number of hydrogen-bond acceptors (Lipinski definition) is 7. The zero-order valence-electron chi connectivity index (χ0n) is 9.72. The zero-order chi connectivity index (χ0) is 13.1. The Hall–Kier alpha value is -1.70. The number of carbonyl (C=O) groups is 1. The summed E-state index contributed by atoms with van der Waals surface area (Å²) in [7, 11) is -1.98. The van der Waals surface area contributed by atoms with Gasteiger partial charge in [-0.3, -0.25) is 0 Å². The van der Waals surface area contributed by atoms with E-state index in [-0.39, 0.29) is 23.1 Å². The van der Waals surface area contributed by atoms with Crippen molar-refractivity contribution in [3.8, 4) is 0 Å². The molecule has 17 heavy (non-hydrogen) atoms. The van der Waals surface area contributed by atoms with Crippen LogP contribution in [0.25, 0.3) is 0 Å². The van der Waals surface area contributed by atoms with Crippen molar-refractivity contribution in [2.24, 2.45) is 0 Å². The molecule has 1 aromatic rings. The lowest BCUT2D eigenvalue weighted by Crippen LogP contribution is -2.13. The first-order chi connectivity index (χ1) is 7.90. The highest BCUT2D eigenvalue weighted by atomic mass is 32.2. The topological polar surface area (TPSA) is 98.2 Å². The van der Waals surface area contributed by atoms with Gasteiger partial charge in [0.2, 0.25) is 15.0 Å². The number of esters is 1. The van der Waals surface area contributed by atoms with Gasteiger partial charge in [-0.15, -0.1) is 0 Å². The SMILES string of the molecule is CCOC(=O)c1cnc(S(C)(=O)=O)nc1NC. The minimum Gasteiger partial charge on any atom is -0.462 e. The van der Waals surface area contributed by atoms with Gasteiger partial charge in [-0.2, -0.15) is 0 Å². The molecule has 1 aromatic heterocycles. The van der Waals surface area contributed by atoms with Gasteiger partial charge in [0, 0.05) is 19.5 Å². The molecule has 0 bridgehead atoms. The van der Waals surface area contributed by atoms with Crippen molar-refractivity contribution in [3.63, 3.8) is 0 Å². The van der Waals surface area contributed by atoms with E-state index >= 15 is 0 Å². The van der Waals surface area contributed by atoms with Gasteiger partial charge >= 0.3 is 5.97 Å². The second-order valence-corrected chi connectivity index (χ2v) is 5.07. The van der Waals surface area contributed by atoms with Crippen LogP contribution in [0.15, 0.2) is 11.4 Å². The van der Waals surface area contributed by atoms with E-state index in [4.69, 9.17) is 4.74 Å². The van der Waals surface area contributed by atoms with Crippen LogP contribution in [-0.2, 0) is 14.6 Å². The van der Waals surface area contributed by atoms with Crippen LogP contribution in [0.5, 0.6) is 0 Å². The molecule has 0 unspecified atom stereocenters. The molecule has 0 spiro atoms. The zero-order valence-corrected chi connectivity index (χ0v) is 10.5. The lowest BCUT2D eigenvalue weighted by atomic mass is 10.3. The highest BCUT2D eigenvalue weighted by Gasteiger charge is 2.18. The Bertz CT molecular complexity index is 527. The number of sulfone groups is 1. The molecule has 0 fully saturated rings. The number of hydrogen-bond donors (Lipinski definition) is 1. The van der Waals surface area contributed by atoms with E-state index in [1.807, 2.05) is 0 Å². The maximum atomic E-state index is 11.5. The van der Waals surface area contributed by atoms with Crippen LogP contribution in [0.2, 0.25) is 0 Å². The lowest BCUT2D eigenvalue weighted by Gasteiger charge is -2.07. The highest BCUT2D eigenvalue weighted by Crippen LogP contribution is 2.14. The Morgan fingerprint density at radius 2 is 2.18 bits per heavy atom. The number of aromatic nitrogens is 2. The fourth-order valence-electron chi connectivity index (χ4n) is 1.09. The maximum absolute atomic E-state index is 11.5. The summed E-state index contributed by atoms with van der Waals surface area (Å²) in [5.74, 6) is -0.476. The van der Waals surface area contributed by atoms with E-state index in [1.165, 1.54) is 7.05 Å². The first-order valence-corrected chi connectivity index (χ1v) is 6.71. The second-order valence-electron chi connectivity index (χ2n) is 3.16. The predicted octanol–water partition coefficient (Wildman–Crippen LogP) is 0.0985. The average Bonchev–Trinajstić information content (AvgIpc) is 2.27. The molecule has 0 amide bonds. The Morgan fingerprint density at radius 1 is 1.53 bits per heavy atom. The van der Waals surface area contributed by atoms with Gasteiger partial charge < -0.3 is 10.1 Å². The van der Waals surface area contributed by atoms with Crippen LogP contribution in [0.4, 0.5) is 5.82 Å². The van der Waals surface area contributed by atoms with E-state index < -0.39 is 15.8 Å². The van der Waals surface area contributed by atoms with Gasteiger partial charge in [-0.05, 0) is 6.92 Å². The lowest BCUT2D eigenvalue weighted by molar-refractivity contribution is 0.0526. The summed E-state index contributed by atoms with van der Waals surface area (Å²) in [6.07, 6.45) is 2.12.